The molecule has 128 valence electrons. The van der Waals surface area contributed by atoms with Gasteiger partial charge in [-0.25, -0.2) is 5.43 Å². The molecule has 1 aromatic carbocycles. The average Bonchev–Trinajstić information content (AvgIpc) is 3.15. The molecule has 0 aliphatic heterocycles. The first kappa shape index (κ1) is 14.9. The number of nitrogens with one attached hydrogen (secondary N) is 1. The largest absolute Gasteiger partial charge is 0.323 e. The maximum atomic E-state index is 12.8. The number of nitrogens with zero attached hydrogens (tertiary/aromatic N) is 2. The summed E-state index contributed by atoms with van der Waals surface area (Å²) in [5.74, 6) is 2.91. The molecule has 4 nitrogen and oxygen atoms in total. The fourth-order valence-electron chi connectivity index (χ4n) is 5.41. The first-order valence-electron chi connectivity index (χ1n) is 9.38. The van der Waals surface area contributed by atoms with E-state index in [1.165, 1.54) is 37.8 Å². The smallest absolute Gasteiger partial charge is 0.273 e. The minimum atomic E-state index is -0.120. The van der Waals surface area contributed by atoms with Crippen molar-refractivity contribution < 1.29 is 4.79 Å². The Morgan fingerprint density at radius 2 is 1.56 bits per heavy atom. The molecular formula is C21H23N3O. The van der Waals surface area contributed by atoms with Crippen LogP contribution in [0.1, 0.15) is 42.5 Å². The second-order valence-corrected chi connectivity index (χ2v) is 7.89. The summed E-state index contributed by atoms with van der Waals surface area (Å²) in [7, 11) is 0. The molecule has 0 spiro atoms. The molecule has 4 bridgehead atoms. The average molecular weight is 333 g/mol. The quantitative estimate of drug-likeness (QED) is 0.847. The number of para-hydroxylation sites is 1. The highest BCUT2D eigenvalue weighted by atomic mass is 16.2. The number of carbonyl (C=O) groups is 1. The van der Waals surface area contributed by atoms with E-state index in [2.05, 4.69) is 10.5 Å². The van der Waals surface area contributed by atoms with Crippen LogP contribution in [0.25, 0.3) is 5.69 Å². The Hall–Kier alpha value is -2.36. The molecule has 1 amide bonds. The predicted octanol–water partition coefficient (Wildman–Crippen LogP) is 4.02. The predicted molar refractivity (Wildman–Crippen MR) is 97.7 cm³/mol. The summed E-state index contributed by atoms with van der Waals surface area (Å²) in [6.45, 7) is 0. The summed E-state index contributed by atoms with van der Waals surface area (Å²) >= 11 is 0. The van der Waals surface area contributed by atoms with Gasteiger partial charge in [-0.3, -0.25) is 4.79 Å². The van der Waals surface area contributed by atoms with Crippen LogP contribution in [0.5, 0.6) is 0 Å². The van der Waals surface area contributed by atoms with Gasteiger partial charge < -0.3 is 4.57 Å². The van der Waals surface area contributed by atoms with Crippen LogP contribution in [-0.4, -0.2) is 16.2 Å². The van der Waals surface area contributed by atoms with Crippen molar-refractivity contribution in [2.45, 2.75) is 32.1 Å². The van der Waals surface area contributed by atoms with E-state index < -0.39 is 0 Å². The van der Waals surface area contributed by atoms with Crippen LogP contribution < -0.4 is 5.43 Å². The second-order valence-electron chi connectivity index (χ2n) is 7.89. The summed E-state index contributed by atoms with van der Waals surface area (Å²) in [5, 5.41) is 4.63. The molecule has 0 radical (unpaired) electrons. The van der Waals surface area contributed by atoms with Crippen molar-refractivity contribution in [2.75, 3.05) is 0 Å². The Morgan fingerprint density at radius 1 is 0.920 bits per heavy atom. The zero-order valence-corrected chi connectivity index (χ0v) is 14.3. The molecule has 4 fully saturated rings. The minimum Gasteiger partial charge on any atom is -0.323 e. The number of rotatable bonds is 3. The molecule has 0 unspecified atom stereocenters. The topological polar surface area (TPSA) is 46.4 Å². The maximum Gasteiger partial charge on any atom is 0.273 e. The molecule has 1 aromatic heterocycles. The Bertz CT molecular complexity index is 791. The lowest BCUT2D eigenvalue weighted by molar-refractivity contribution is 0.0942. The van der Waals surface area contributed by atoms with Crippen LogP contribution in [0.15, 0.2) is 53.9 Å². The highest BCUT2D eigenvalue weighted by Gasteiger charge is 2.46. The van der Waals surface area contributed by atoms with Crippen molar-refractivity contribution >= 4 is 11.6 Å². The molecule has 25 heavy (non-hydrogen) atoms. The van der Waals surface area contributed by atoms with Crippen molar-refractivity contribution in [1.29, 1.82) is 0 Å². The monoisotopic (exact) mass is 333 g/mol. The van der Waals surface area contributed by atoms with Crippen molar-refractivity contribution in [3.05, 3.63) is 54.4 Å². The van der Waals surface area contributed by atoms with E-state index in [9.17, 15) is 4.79 Å². The van der Waals surface area contributed by atoms with Gasteiger partial charge in [0.25, 0.3) is 5.91 Å². The number of amides is 1. The normalized spacial score (nSPS) is 29.7. The zero-order valence-electron chi connectivity index (χ0n) is 14.3. The van der Waals surface area contributed by atoms with Gasteiger partial charge >= 0.3 is 0 Å². The van der Waals surface area contributed by atoms with Crippen molar-refractivity contribution in [1.82, 2.24) is 9.99 Å². The lowest BCUT2D eigenvalue weighted by Gasteiger charge is -2.50. The summed E-state index contributed by atoms with van der Waals surface area (Å²) in [6, 6.07) is 11.6. The van der Waals surface area contributed by atoms with E-state index in [1.54, 1.807) is 0 Å². The summed E-state index contributed by atoms with van der Waals surface area (Å²) in [5.41, 5.74) is 5.67. The van der Waals surface area contributed by atoms with Crippen molar-refractivity contribution in [3.63, 3.8) is 0 Å². The number of aromatic nitrogens is 1. The highest BCUT2D eigenvalue weighted by molar-refractivity contribution is 5.99. The van der Waals surface area contributed by atoms with Gasteiger partial charge in [-0.1, -0.05) is 12.1 Å². The number of benzene rings is 1. The molecular weight excluding hydrogens is 310 g/mol. The summed E-state index contributed by atoms with van der Waals surface area (Å²) in [4.78, 5) is 12.8. The van der Waals surface area contributed by atoms with Crippen LogP contribution in [0.2, 0.25) is 0 Å². The standard InChI is InChI=1S/C21H23N3O/c25-21(18-5-1-2-6-19(18)24-7-3-4-8-24)23-22-20-16-10-14-9-15(12-16)13-17(20)11-14/h1-8,14-17H,9-13H2,(H,23,25). The molecule has 2 aromatic rings. The van der Waals surface area contributed by atoms with E-state index in [1.807, 2.05) is 53.4 Å². The molecule has 0 saturated heterocycles. The number of hydrazone groups is 1. The first-order chi connectivity index (χ1) is 12.3. The van der Waals surface area contributed by atoms with E-state index in [0.29, 0.717) is 17.4 Å². The third-order valence-electron chi connectivity index (χ3n) is 6.29. The fourth-order valence-corrected chi connectivity index (χ4v) is 5.41. The summed E-state index contributed by atoms with van der Waals surface area (Å²) in [6.07, 6.45) is 10.5. The van der Waals surface area contributed by atoms with Gasteiger partial charge in [-0.05, 0) is 80.0 Å². The van der Waals surface area contributed by atoms with Gasteiger partial charge in [0, 0.05) is 18.1 Å². The second kappa shape index (κ2) is 5.87. The lowest BCUT2D eigenvalue weighted by atomic mass is 9.55. The maximum absolute atomic E-state index is 12.8. The molecule has 1 heterocycles. The summed E-state index contributed by atoms with van der Waals surface area (Å²) < 4.78 is 1.96. The van der Waals surface area contributed by atoms with E-state index in [0.717, 1.165) is 17.5 Å². The fraction of sp³-hybridized carbons (Fsp3) is 0.429. The molecule has 1 N–H and O–H groups in total. The van der Waals surface area contributed by atoms with Gasteiger partial charge in [-0.2, -0.15) is 5.10 Å². The third kappa shape index (κ3) is 2.60. The SMILES string of the molecule is O=C(NN=C1C2CC3CC(C2)CC1C3)c1ccccc1-n1cccc1. The van der Waals surface area contributed by atoms with Crippen LogP contribution in [-0.2, 0) is 0 Å². The third-order valence-corrected chi connectivity index (χ3v) is 6.29. The molecule has 6 rings (SSSR count). The zero-order chi connectivity index (χ0) is 16.8. The Balaban J connectivity index is 1.38. The first-order valence-corrected chi connectivity index (χ1v) is 9.38. The molecule has 4 aliphatic carbocycles. The Labute approximate surface area is 147 Å². The highest BCUT2D eigenvalue weighted by Crippen LogP contribution is 2.52. The minimum absolute atomic E-state index is 0.120. The number of hydrogen-bond donors (Lipinski definition) is 1. The van der Waals surface area contributed by atoms with Crippen LogP contribution in [0.4, 0.5) is 0 Å². The molecule has 4 saturated carbocycles. The van der Waals surface area contributed by atoms with Gasteiger partial charge in [0.2, 0.25) is 0 Å². The van der Waals surface area contributed by atoms with Gasteiger partial charge in [0.15, 0.2) is 0 Å². The number of hydrogen-bond acceptors (Lipinski definition) is 2. The van der Waals surface area contributed by atoms with Crippen molar-refractivity contribution in [3.8, 4) is 5.69 Å². The van der Waals surface area contributed by atoms with Gasteiger partial charge in [-0.15, -0.1) is 0 Å². The Morgan fingerprint density at radius 3 is 2.24 bits per heavy atom. The van der Waals surface area contributed by atoms with E-state index >= 15 is 0 Å². The van der Waals surface area contributed by atoms with Crippen LogP contribution in [0.3, 0.4) is 0 Å². The molecule has 4 aliphatic rings. The lowest BCUT2D eigenvalue weighted by Crippen LogP contribution is -2.46. The van der Waals surface area contributed by atoms with Crippen molar-refractivity contribution in [2.24, 2.45) is 28.8 Å². The molecule has 0 atom stereocenters. The number of carbonyl (C=O) groups excluding carboxylic acids is 1. The van der Waals surface area contributed by atoms with Gasteiger partial charge in [0.1, 0.15) is 0 Å². The van der Waals surface area contributed by atoms with Gasteiger partial charge in [0.05, 0.1) is 11.3 Å². The Kier molecular flexibility index (Phi) is 3.51. The van der Waals surface area contributed by atoms with E-state index in [4.69, 9.17) is 0 Å². The van der Waals surface area contributed by atoms with Crippen LogP contribution >= 0.6 is 0 Å². The van der Waals surface area contributed by atoms with Crippen LogP contribution in [0, 0.1) is 23.7 Å². The molecule has 4 heteroatoms. The van der Waals surface area contributed by atoms with E-state index in [-0.39, 0.29) is 5.91 Å².